The Hall–Kier alpha value is -1.99. The zero-order valence-electron chi connectivity index (χ0n) is 14.1. The Morgan fingerprint density at radius 3 is 2.92 bits per heavy atom. The molecule has 1 aliphatic carbocycles. The molecular formula is C17H23N3O4. The summed E-state index contributed by atoms with van der Waals surface area (Å²) < 4.78 is 11.6. The van der Waals surface area contributed by atoms with Crippen LogP contribution < -0.4 is 0 Å². The zero-order chi connectivity index (χ0) is 17.1. The van der Waals surface area contributed by atoms with Crippen LogP contribution in [0, 0.1) is 0 Å². The highest BCUT2D eigenvalue weighted by molar-refractivity contribution is 5.92. The number of aromatic nitrogens is 1. The molecule has 2 fully saturated rings. The number of likely N-dealkylation sites (N-methyl/N-ethyl adjacent to an activating group) is 1. The van der Waals surface area contributed by atoms with Crippen LogP contribution in [0.4, 0.5) is 0 Å². The van der Waals surface area contributed by atoms with Gasteiger partial charge in [-0.1, -0.05) is 6.07 Å². The molecule has 2 aliphatic rings. The van der Waals surface area contributed by atoms with Crippen LogP contribution >= 0.6 is 0 Å². The van der Waals surface area contributed by atoms with Gasteiger partial charge >= 0.3 is 0 Å². The minimum Gasteiger partial charge on any atom is -0.372 e. The average Bonchev–Trinajstić information content (AvgIpc) is 3.02. The van der Waals surface area contributed by atoms with E-state index in [-0.39, 0.29) is 36.7 Å². The van der Waals surface area contributed by atoms with Crippen LogP contribution in [0.2, 0.25) is 0 Å². The third-order valence-corrected chi connectivity index (χ3v) is 4.60. The molecule has 0 spiro atoms. The molecule has 0 N–H and O–H groups in total. The lowest BCUT2D eigenvalue weighted by atomic mass is 10.1. The smallest absolute Gasteiger partial charge is 0.272 e. The Labute approximate surface area is 141 Å². The minimum absolute atomic E-state index is 0.0206. The maximum absolute atomic E-state index is 12.7. The van der Waals surface area contributed by atoms with Crippen molar-refractivity contribution in [1.29, 1.82) is 0 Å². The number of nitrogens with zero attached hydrogens (tertiary/aromatic N) is 3. The van der Waals surface area contributed by atoms with E-state index in [1.54, 1.807) is 32.4 Å². The molecule has 1 saturated heterocycles. The number of carbonyl (C=O) groups is 2. The molecule has 1 aliphatic heterocycles. The van der Waals surface area contributed by atoms with Crippen LogP contribution in [0.25, 0.3) is 0 Å². The molecule has 1 aromatic rings. The van der Waals surface area contributed by atoms with Crippen molar-refractivity contribution in [3.05, 3.63) is 30.1 Å². The largest absolute Gasteiger partial charge is 0.372 e. The number of pyridine rings is 1. The fraction of sp³-hybridized carbons (Fsp3) is 0.588. The van der Waals surface area contributed by atoms with Gasteiger partial charge in [0.25, 0.3) is 5.91 Å². The summed E-state index contributed by atoms with van der Waals surface area (Å²) in [5.41, 5.74) is 0.449. The van der Waals surface area contributed by atoms with Gasteiger partial charge in [-0.3, -0.25) is 14.6 Å². The molecule has 3 atom stereocenters. The number of morpholine rings is 1. The number of rotatable bonds is 4. The van der Waals surface area contributed by atoms with Gasteiger partial charge in [0.2, 0.25) is 5.91 Å². The summed E-state index contributed by atoms with van der Waals surface area (Å²) in [4.78, 5) is 31.9. The quantitative estimate of drug-likeness (QED) is 0.805. The van der Waals surface area contributed by atoms with Gasteiger partial charge in [-0.2, -0.15) is 0 Å². The van der Waals surface area contributed by atoms with Gasteiger partial charge in [-0.25, -0.2) is 0 Å². The molecule has 1 saturated carbocycles. The van der Waals surface area contributed by atoms with E-state index in [2.05, 4.69) is 4.98 Å². The maximum atomic E-state index is 12.7. The van der Waals surface area contributed by atoms with Gasteiger partial charge in [0.1, 0.15) is 18.4 Å². The Morgan fingerprint density at radius 1 is 1.38 bits per heavy atom. The van der Waals surface area contributed by atoms with Crippen molar-refractivity contribution in [3.63, 3.8) is 0 Å². The number of amides is 2. The van der Waals surface area contributed by atoms with E-state index >= 15 is 0 Å². The summed E-state index contributed by atoms with van der Waals surface area (Å²) in [5, 5.41) is 0. The van der Waals surface area contributed by atoms with Crippen molar-refractivity contribution in [2.24, 2.45) is 0 Å². The van der Waals surface area contributed by atoms with E-state index in [1.165, 1.54) is 4.90 Å². The van der Waals surface area contributed by atoms with Crippen LogP contribution in [0.3, 0.4) is 0 Å². The molecule has 1 aromatic heterocycles. The van der Waals surface area contributed by atoms with Gasteiger partial charge < -0.3 is 19.3 Å². The monoisotopic (exact) mass is 333 g/mol. The summed E-state index contributed by atoms with van der Waals surface area (Å²) in [6.45, 7) is 1.07. The van der Waals surface area contributed by atoms with E-state index in [4.69, 9.17) is 9.47 Å². The van der Waals surface area contributed by atoms with Gasteiger partial charge in [0.05, 0.1) is 18.8 Å². The van der Waals surface area contributed by atoms with Crippen LogP contribution in [0.15, 0.2) is 24.4 Å². The third kappa shape index (κ3) is 3.42. The van der Waals surface area contributed by atoms with Crippen molar-refractivity contribution in [1.82, 2.24) is 14.8 Å². The molecule has 3 rings (SSSR count). The number of carbonyl (C=O) groups excluding carboxylic acids is 2. The summed E-state index contributed by atoms with van der Waals surface area (Å²) in [5.74, 6) is -0.144. The molecule has 7 nitrogen and oxygen atoms in total. The highest BCUT2D eigenvalue weighted by Crippen LogP contribution is 2.32. The van der Waals surface area contributed by atoms with E-state index in [9.17, 15) is 9.59 Å². The van der Waals surface area contributed by atoms with Crippen LogP contribution in [0.1, 0.15) is 23.3 Å². The van der Waals surface area contributed by atoms with E-state index in [0.717, 1.165) is 12.8 Å². The molecule has 24 heavy (non-hydrogen) atoms. The van der Waals surface area contributed by atoms with E-state index in [1.807, 2.05) is 11.0 Å². The predicted octanol–water partition coefficient (Wildman–Crippen LogP) is 0.558. The highest BCUT2D eigenvalue weighted by atomic mass is 16.5. The first kappa shape index (κ1) is 16.9. The molecule has 0 bridgehead atoms. The Bertz CT molecular complexity index is 593. The lowest BCUT2D eigenvalue weighted by Crippen LogP contribution is -2.54. The molecule has 0 aromatic carbocycles. The first-order valence-electron chi connectivity index (χ1n) is 8.23. The van der Waals surface area contributed by atoms with Crippen molar-refractivity contribution >= 4 is 11.8 Å². The summed E-state index contributed by atoms with van der Waals surface area (Å²) in [7, 11) is 3.40. The second-order valence-electron chi connectivity index (χ2n) is 6.33. The van der Waals surface area contributed by atoms with Crippen molar-refractivity contribution < 1.29 is 19.1 Å². The van der Waals surface area contributed by atoms with Crippen molar-refractivity contribution in [3.8, 4) is 0 Å². The zero-order valence-corrected chi connectivity index (χ0v) is 14.1. The molecular weight excluding hydrogens is 310 g/mol. The average molecular weight is 333 g/mol. The molecule has 7 heteroatoms. The molecule has 0 unspecified atom stereocenters. The molecule has 2 amide bonds. The fourth-order valence-corrected chi connectivity index (χ4v) is 3.29. The SMILES string of the molecule is CN(C)C(=O)CO[C@@H]1CC[C@H]2[C@H]1OCCN2C(=O)c1ccccn1. The number of fused-ring (bicyclic) bond motifs is 1. The van der Waals surface area contributed by atoms with E-state index < -0.39 is 0 Å². The molecule has 130 valence electrons. The van der Waals surface area contributed by atoms with Gasteiger partial charge in [0.15, 0.2) is 0 Å². The lowest BCUT2D eigenvalue weighted by molar-refractivity contribution is -0.142. The first-order valence-corrected chi connectivity index (χ1v) is 8.23. The predicted molar refractivity (Wildman–Crippen MR) is 86.5 cm³/mol. The van der Waals surface area contributed by atoms with E-state index in [0.29, 0.717) is 18.8 Å². The Kier molecular flexibility index (Phi) is 5.11. The third-order valence-electron chi connectivity index (χ3n) is 4.60. The van der Waals surface area contributed by atoms with Crippen LogP contribution in [-0.4, -0.2) is 78.7 Å². The van der Waals surface area contributed by atoms with Gasteiger partial charge in [-0.05, 0) is 25.0 Å². The normalized spacial score (nSPS) is 26.1. The van der Waals surface area contributed by atoms with Crippen LogP contribution in [0.5, 0.6) is 0 Å². The molecule has 2 heterocycles. The van der Waals surface area contributed by atoms with Gasteiger partial charge in [-0.15, -0.1) is 0 Å². The first-order chi connectivity index (χ1) is 11.6. The summed E-state index contributed by atoms with van der Waals surface area (Å²) in [6.07, 6.45) is 2.88. The molecule has 0 radical (unpaired) electrons. The number of ether oxygens (including phenoxy) is 2. The second-order valence-corrected chi connectivity index (χ2v) is 6.33. The van der Waals surface area contributed by atoms with Crippen molar-refractivity contribution in [2.45, 2.75) is 31.1 Å². The summed E-state index contributed by atoms with van der Waals surface area (Å²) >= 11 is 0. The fourth-order valence-electron chi connectivity index (χ4n) is 3.29. The minimum atomic E-state index is -0.179. The van der Waals surface area contributed by atoms with Gasteiger partial charge in [0, 0.05) is 26.8 Å². The summed E-state index contributed by atoms with van der Waals surface area (Å²) in [6, 6.07) is 5.31. The lowest BCUT2D eigenvalue weighted by Gasteiger charge is -2.38. The topological polar surface area (TPSA) is 72.0 Å². The second kappa shape index (κ2) is 7.27. The maximum Gasteiger partial charge on any atom is 0.272 e. The number of hydrogen-bond acceptors (Lipinski definition) is 5. The highest BCUT2D eigenvalue weighted by Gasteiger charge is 2.45. The van der Waals surface area contributed by atoms with Crippen LogP contribution in [-0.2, 0) is 14.3 Å². The number of hydrogen-bond donors (Lipinski definition) is 0. The Balaban J connectivity index is 1.65. The standard InChI is InChI=1S/C17H23N3O4/c1-19(2)15(21)11-24-14-7-6-13-16(14)23-10-9-20(13)17(22)12-5-3-4-8-18-12/h3-5,8,13-14,16H,6-7,9-11H2,1-2H3/t13-,14+,16+/m0/s1. The Morgan fingerprint density at radius 2 is 2.21 bits per heavy atom. The van der Waals surface area contributed by atoms with Crippen molar-refractivity contribution in [2.75, 3.05) is 33.9 Å².